The first-order valence-electron chi connectivity index (χ1n) is 30.3. The van der Waals surface area contributed by atoms with Gasteiger partial charge in [0.2, 0.25) is 35.4 Å². The average Bonchev–Trinajstić information content (AvgIpc) is 1.90. The third kappa shape index (κ3) is 18.5. The van der Waals surface area contributed by atoms with E-state index in [4.69, 9.17) is 14.2 Å². The van der Waals surface area contributed by atoms with Gasteiger partial charge in [-0.25, -0.2) is 9.59 Å². The number of amides is 7. The van der Waals surface area contributed by atoms with Gasteiger partial charge in [0.05, 0.1) is 48.5 Å². The van der Waals surface area contributed by atoms with Gasteiger partial charge in [0.25, 0.3) is 0 Å². The van der Waals surface area contributed by atoms with Crippen molar-refractivity contribution in [2.75, 3.05) is 59.6 Å². The highest BCUT2D eigenvalue weighted by atomic mass is 32.2. The second-order valence-corrected chi connectivity index (χ2v) is 25.2. The van der Waals surface area contributed by atoms with Gasteiger partial charge in [0.15, 0.2) is 0 Å². The third-order valence-corrected chi connectivity index (χ3v) is 17.8. The highest BCUT2D eigenvalue weighted by Gasteiger charge is 2.44. The van der Waals surface area contributed by atoms with E-state index in [-0.39, 0.29) is 72.6 Å². The molecule has 10 unspecified atom stereocenters. The fourth-order valence-electron chi connectivity index (χ4n) is 12.0. The molecule has 1 saturated heterocycles. The molecule has 6 N–H and O–H groups in total. The number of alkyl carbamates (subject to hydrolysis) is 1. The molecule has 1 heterocycles. The van der Waals surface area contributed by atoms with Crippen LogP contribution in [0.4, 0.5) is 4.79 Å². The van der Waals surface area contributed by atoms with Crippen LogP contribution in [-0.4, -0.2) is 181 Å². The number of ether oxygens (including phenoxy) is 3. The van der Waals surface area contributed by atoms with E-state index >= 15 is 0 Å². The number of carbonyl (C=O) groups is 8. The van der Waals surface area contributed by atoms with Gasteiger partial charge in [-0.3, -0.25) is 33.7 Å². The number of thioether (sulfide) groups is 1. The summed E-state index contributed by atoms with van der Waals surface area (Å²) >= 11 is 1.44. The van der Waals surface area contributed by atoms with E-state index in [0.717, 1.165) is 27.8 Å². The van der Waals surface area contributed by atoms with E-state index in [2.05, 4.69) is 38.7 Å². The molecule has 11 atom stereocenters. The van der Waals surface area contributed by atoms with Crippen LogP contribution in [0, 0.1) is 29.6 Å². The molecule has 1 aliphatic heterocycles. The second-order valence-electron chi connectivity index (χ2n) is 24.1. The van der Waals surface area contributed by atoms with Crippen molar-refractivity contribution in [3.8, 4) is 11.1 Å². The van der Waals surface area contributed by atoms with Gasteiger partial charge in [-0.05, 0) is 78.3 Å². The standard InChI is InChI=1S/C65H96N8O12S/c1-15-41(8)57(52(83-13)35-53(74)73-31-23-30-51(73)58(84-14)42(9)59(75)68-50(64(80)81)34-44-24-17-16-18-25-44)72(12)63(79)55(39(4)5)69-62(78)56(40(6)7)71(11)32-33-86-37-66-60(76)43(10)67-61(77)54(38(2)3)70-65(82)85-36-49-47-28-21-19-26-45(47)46-27-20-22-29-48(46)49/h16-22,24-29,38-43,49-52,54-58H,15,23,30-37H2,1-14H3,(H,66,76)(H,67,77)(H,68,75)(H,69,78)(H,70,82)(H,80,81)/t41?,42?,43?,50?,51-,52?,54?,55?,56?,57?,58?/m0/s1. The summed E-state index contributed by atoms with van der Waals surface area (Å²) < 4.78 is 17.7. The van der Waals surface area contributed by atoms with Gasteiger partial charge in [-0.2, -0.15) is 0 Å². The Morgan fingerprint density at radius 1 is 0.709 bits per heavy atom. The third-order valence-electron chi connectivity index (χ3n) is 17.0. The van der Waals surface area contributed by atoms with Crippen LogP contribution < -0.4 is 26.6 Å². The van der Waals surface area contributed by atoms with Gasteiger partial charge in [-0.1, -0.05) is 148 Å². The van der Waals surface area contributed by atoms with Crippen LogP contribution >= 0.6 is 11.8 Å². The number of methoxy groups -OCH3 is 2. The van der Waals surface area contributed by atoms with Crippen molar-refractivity contribution >= 4 is 59.3 Å². The smallest absolute Gasteiger partial charge is 0.407 e. The minimum Gasteiger partial charge on any atom is -0.480 e. The summed E-state index contributed by atoms with van der Waals surface area (Å²) in [5, 5.41) is 24.1. The van der Waals surface area contributed by atoms with Crippen molar-refractivity contribution in [3.05, 3.63) is 95.6 Å². The molecule has 0 bridgehead atoms. The maximum atomic E-state index is 14.8. The van der Waals surface area contributed by atoms with Crippen molar-refractivity contribution < 1.29 is 57.7 Å². The molecule has 0 spiro atoms. The number of likely N-dealkylation sites (tertiary alicyclic amines) is 1. The minimum atomic E-state index is -1.17. The number of carboxylic acid groups (broad SMARTS) is 1. The number of benzene rings is 3. The molecule has 7 amide bonds. The number of likely N-dealkylation sites (N-methyl/N-ethyl adjacent to an activating group) is 2. The van der Waals surface area contributed by atoms with E-state index in [0.29, 0.717) is 38.1 Å². The van der Waals surface area contributed by atoms with E-state index in [9.17, 15) is 43.5 Å². The number of nitrogens with zero attached hydrogens (tertiary/aromatic N) is 3. The lowest BCUT2D eigenvalue weighted by Gasteiger charge is -2.41. The van der Waals surface area contributed by atoms with E-state index in [1.54, 1.807) is 68.8 Å². The van der Waals surface area contributed by atoms with Crippen molar-refractivity contribution in [2.45, 2.75) is 162 Å². The van der Waals surface area contributed by atoms with Crippen LogP contribution in [0.2, 0.25) is 0 Å². The molecule has 1 fully saturated rings. The molecule has 5 rings (SSSR count). The molecule has 20 nitrogen and oxygen atoms in total. The van der Waals surface area contributed by atoms with Crippen LogP contribution in [0.5, 0.6) is 0 Å². The zero-order valence-electron chi connectivity index (χ0n) is 52.9. The number of carbonyl (C=O) groups excluding carboxylic acids is 7. The Morgan fingerprint density at radius 2 is 1.31 bits per heavy atom. The largest absolute Gasteiger partial charge is 0.480 e. The summed E-state index contributed by atoms with van der Waals surface area (Å²) in [4.78, 5) is 115. The lowest BCUT2D eigenvalue weighted by Crippen LogP contribution is -2.60. The summed E-state index contributed by atoms with van der Waals surface area (Å²) in [6.07, 6.45) is -0.299. The van der Waals surface area contributed by atoms with Crippen LogP contribution in [0.3, 0.4) is 0 Å². The number of rotatable bonds is 33. The summed E-state index contributed by atoms with van der Waals surface area (Å²) in [7, 11) is 6.53. The number of carboxylic acids is 1. The summed E-state index contributed by atoms with van der Waals surface area (Å²) in [5.41, 5.74) is 5.11. The normalized spacial score (nSPS) is 17.5. The number of nitrogens with one attached hydrogen (secondary N) is 5. The lowest BCUT2D eigenvalue weighted by atomic mass is 9.89. The van der Waals surface area contributed by atoms with E-state index < -0.39 is 90.2 Å². The predicted molar refractivity (Wildman–Crippen MR) is 334 cm³/mol. The van der Waals surface area contributed by atoms with Crippen LogP contribution in [-0.2, 0) is 54.2 Å². The Bertz CT molecular complexity index is 2710. The molecule has 1 aliphatic carbocycles. The molecule has 3 aromatic rings. The van der Waals surface area contributed by atoms with Gasteiger partial charge in [0, 0.05) is 52.4 Å². The van der Waals surface area contributed by atoms with E-state index in [1.807, 2.05) is 96.0 Å². The molecule has 0 aromatic heterocycles. The zero-order valence-corrected chi connectivity index (χ0v) is 53.7. The number of hydrogen-bond acceptors (Lipinski definition) is 13. The highest BCUT2D eigenvalue weighted by molar-refractivity contribution is 7.99. The van der Waals surface area contributed by atoms with Crippen LogP contribution in [0.15, 0.2) is 78.9 Å². The quantitative estimate of drug-likeness (QED) is 0.0275. The lowest BCUT2D eigenvalue weighted by molar-refractivity contribution is -0.148. The predicted octanol–water partition coefficient (Wildman–Crippen LogP) is 6.69. The Labute approximate surface area is 513 Å². The molecular weight excluding hydrogens is 1120 g/mol. The number of hydrogen-bond donors (Lipinski definition) is 6. The molecule has 86 heavy (non-hydrogen) atoms. The Balaban J connectivity index is 1.11. The SMILES string of the molecule is CCC(C)C(C(CC(=O)N1CCC[C@H]1C(OC)C(C)C(=O)NC(Cc1ccccc1)C(=O)O)OC)N(C)C(=O)C(NC(=O)C(C(C)C)N(C)CCSCNC(=O)C(C)NC(=O)C(NC(=O)OCC1c2ccccc2-c2ccccc21)C(C)C)C(C)C. The first-order chi connectivity index (χ1) is 40.9. The second kappa shape index (κ2) is 33.5. The monoisotopic (exact) mass is 1210 g/mol. The van der Waals surface area contributed by atoms with Crippen molar-refractivity contribution in [3.63, 3.8) is 0 Å². The molecule has 21 heteroatoms. The molecule has 0 saturated carbocycles. The fraction of sp³-hybridized carbons (Fsp3) is 0.600. The molecule has 2 aliphatic rings. The van der Waals surface area contributed by atoms with Crippen molar-refractivity contribution in [1.29, 1.82) is 0 Å². The molecule has 0 radical (unpaired) electrons. The van der Waals surface area contributed by atoms with Gasteiger partial charge in [0.1, 0.15) is 30.8 Å². The molecule has 474 valence electrons. The molecular formula is C65H96N8O12S. The van der Waals surface area contributed by atoms with Crippen LogP contribution in [0.1, 0.15) is 118 Å². The maximum Gasteiger partial charge on any atom is 0.407 e. The van der Waals surface area contributed by atoms with Crippen LogP contribution in [0.25, 0.3) is 11.1 Å². The van der Waals surface area contributed by atoms with Gasteiger partial charge >= 0.3 is 12.1 Å². The fourth-order valence-corrected chi connectivity index (χ4v) is 12.8. The summed E-state index contributed by atoms with van der Waals surface area (Å²) in [5.74, 6) is -4.54. The summed E-state index contributed by atoms with van der Waals surface area (Å²) in [6.45, 7) is 19.4. The maximum absolute atomic E-state index is 14.8. The van der Waals surface area contributed by atoms with E-state index in [1.165, 1.54) is 26.0 Å². The zero-order chi connectivity index (χ0) is 63.5. The first kappa shape index (κ1) is 70.2. The minimum absolute atomic E-state index is 0.0744. The topological polar surface area (TPSA) is 254 Å². The van der Waals surface area contributed by atoms with Gasteiger partial charge < -0.3 is 55.7 Å². The van der Waals surface area contributed by atoms with Crippen molar-refractivity contribution in [1.82, 2.24) is 41.3 Å². The summed E-state index contributed by atoms with van der Waals surface area (Å²) in [6, 6.07) is 19.5. The number of aliphatic carboxylic acids is 1. The average molecular weight is 1210 g/mol. The number of fused-ring (bicyclic) bond motifs is 3. The molecule has 3 aromatic carbocycles. The van der Waals surface area contributed by atoms with Gasteiger partial charge in [-0.15, -0.1) is 11.8 Å². The van der Waals surface area contributed by atoms with Crippen molar-refractivity contribution in [2.24, 2.45) is 29.6 Å². The first-order valence-corrected chi connectivity index (χ1v) is 31.5. The Kier molecular flexibility index (Phi) is 27.4. The highest BCUT2D eigenvalue weighted by Crippen LogP contribution is 2.44. The Hall–Kier alpha value is -6.55. The Morgan fingerprint density at radius 3 is 1.87 bits per heavy atom.